The molecule has 0 saturated heterocycles. The molecule has 5 unspecified atom stereocenters. The molecule has 5 atom stereocenters. The molecule has 0 spiro atoms. The predicted octanol–water partition coefficient (Wildman–Crippen LogP) is -2.02. The molecule has 0 heterocycles. The number of aliphatic hydroxyl groups is 1. The Morgan fingerprint density at radius 3 is 2.00 bits per heavy atom. The summed E-state index contributed by atoms with van der Waals surface area (Å²) in [5.41, 5.74) is 6.05. The summed E-state index contributed by atoms with van der Waals surface area (Å²) in [5, 5.41) is 44.6. The number of nitrogens with one attached hydrogen (secondary N) is 3. The van der Waals surface area contributed by atoms with Gasteiger partial charge in [0.2, 0.25) is 17.7 Å². The number of carboxylic acid groups (broad SMARTS) is 2. The number of aliphatic hydroxyl groups excluding tert-OH is 1. The topological polar surface area (TPSA) is 228 Å². The molecule has 0 aliphatic carbocycles. The fraction of sp³-hybridized carbons (Fsp3) is 0.476. The third-order valence-corrected chi connectivity index (χ3v) is 5.26. The molecular formula is C21H30N4O9S. The first-order chi connectivity index (χ1) is 16.3. The van der Waals surface area contributed by atoms with Gasteiger partial charge in [-0.15, -0.1) is 0 Å². The summed E-state index contributed by atoms with van der Waals surface area (Å²) in [7, 11) is 0. The molecule has 1 aromatic carbocycles. The number of hydrogen-bond donors (Lipinski definition) is 9. The molecule has 0 fully saturated rings. The summed E-state index contributed by atoms with van der Waals surface area (Å²) in [5.74, 6) is -5.46. The molecule has 0 aromatic heterocycles. The minimum absolute atomic E-state index is 0.0265. The van der Waals surface area contributed by atoms with Crippen molar-refractivity contribution < 1.29 is 44.4 Å². The number of rotatable bonds is 14. The third-order valence-electron chi connectivity index (χ3n) is 4.87. The van der Waals surface area contributed by atoms with Gasteiger partial charge in [0.1, 0.15) is 23.9 Å². The molecule has 0 aliphatic rings. The van der Waals surface area contributed by atoms with E-state index in [2.05, 4.69) is 28.6 Å². The van der Waals surface area contributed by atoms with E-state index in [0.29, 0.717) is 5.56 Å². The lowest BCUT2D eigenvalue weighted by Gasteiger charge is -2.26. The van der Waals surface area contributed by atoms with E-state index in [9.17, 15) is 39.3 Å². The fourth-order valence-electron chi connectivity index (χ4n) is 2.89. The molecule has 3 amide bonds. The van der Waals surface area contributed by atoms with E-state index >= 15 is 0 Å². The van der Waals surface area contributed by atoms with Gasteiger partial charge >= 0.3 is 11.9 Å². The van der Waals surface area contributed by atoms with Gasteiger partial charge in [0.05, 0.1) is 12.1 Å². The van der Waals surface area contributed by atoms with Gasteiger partial charge in [-0.25, -0.2) is 4.79 Å². The summed E-state index contributed by atoms with van der Waals surface area (Å²) >= 11 is 3.89. The van der Waals surface area contributed by atoms with Gasteiger partial charge < -0.3 is 42.1 Å². The molecule has 1 rings (SSSR count). The zero-order valence-corrected chi connectivity index (χ0v) is 19.8. The first-order valence-corrected chi connectivity index (χ1v) is 11.2. The van der Waals surface area contributed by atoms with Crippen LogP contribution in [0, 0.1) is 0 Å². The molecule has 0 saturated carbocycles. The van der Waals surface area contributed by atoms with E-state index in [1.165, 1.54) is 31.2 Å². The Balaban J connectivity index is 2.98. The van der Waals surface area contributed by atoms with Crippen LogP contribution >= 0.6 is 12.6 Å². The molecule has 0 bridgehead atoms. The van der Waals surface area contributed by atoms with E-state index < -0.39 is 66.4 Å². The Morgan fingerprint density at radius 2 is 1.51 bits per heavy atom. The molecule has 13 nitrogen and oxygen atoms in total. The maximum absolute atomic E-state index is 12.8. The SMILES string of the molecule is CC(O)C(NC(=O)C(CCC(=O)O)NC(=O)C(N)CS)C(=O)NC(Cc1ccc(O)cc1)C(=O)O. The quantitative estimate of drug-likeness (QED) is 0.124. The number of carboxylic acids is 2. The van der Waals surface area contributed by atoms with Crippen molar-refractivity contribution in [1.82, 2.24) is 16.0 Å². The van der Waals surface area contributed by atoms with E-state index in [-0.39, 0.29) is 24.3 Å². The average molecular weight is 515 g/mol. The van der Waals surface area contributed by atoms with Crippen molar-refractivity contribution in [2.24, 2.45) is 5.73 Å². The molecule has 9 N–H and O–H groups in total. The molecule has 35 heavy (non-hydrogen) atoms. The van der Waals surface area contributed by atoms with Gasteiger partial charge in [-0.3, -0.25) is 19.2 Å². The summed E-state index contributed by atoms with van der Waals surface area (Å²) in [6.07, 6.45) is -2.45. The first kappa shape index (κ1) is 29.7. The maximum atomic E-state index is 12.8. The summed E-state index contributed by atoms with van der Waals surface area (Å²) in [4.78, 5) is 60.2. The standard InChI is InChI=1S/C21H30N4O9S/c1-10(26)17(20(32)24-15(21(33)34)8-11-2-4-12(27)5-3-11)25-19(31)14(6-7-16(28)29)23-18(30)13(22)9-35/h2-5,10,13-15,17,26-27,35H,6-9,22H2,1H3,(H,23,30)(H,24,32)(H,25,31)(H,28,29)(H,33,34). The van der Waals surface area contributed by atoms with Crippen LogP contribution in [0.25, 0.3) is 0 Å². The highest BCUT2D eigenvalue weighted by atomic mass is 32.1. The first-order valence-electron chi connectivity index (χ1n) is 10.5. The van der Waals surface area contributed by atoms with E-state index in [4.69, 9.17) is 10.8 Å². The fourth-order valence-corrected chi connectivity index (χ4v) is 3.05. The number of benzene rings is 1. The van der Waals surface area contributed by atoms with Gasteiger partial charge in [-0.05, 0) is 31.0 Å². The summed E-state index contributed by atoms with van der Waals surface area (Å²) in [6, 6.07) is 0.109. The van der Waals surface area contributed by atoms with E-state index in [1.54, 1.807) is 0 Å². The summed E-state index contributed by atoms with van der Waals surface area (Å²) < 4.78 is 0. The molecule has 1 aromatic rings. The average Bonchev–Trinajstić information content (AvgIpc) is 2.79. The van der Waals surface area contributed by atoms with Gasteiger partial charge in [-0.1, -0.05) is 12.1 Å². The zero-order chi connectivity index (χ0) is 26.7. The molecular weight excluding hydrogens is 484 g/mol. The van der Waals surface area contributed by atoms with Gasteiger partial charge in [0.15, 0.2) is 0 Å². The van der Waals surface area contributed by atoms with Gasteiger partial charge in [0.25, 0.3) is 0 Å². The normalized spacial score (nSPS) is 15.1. The third kappa shape index (κ3) is 10.2. The second kappa shape index (κ2) is 14.1. The van der Waals surface area contributed by atoms with Crippen molar-refractivity contribution >= 4 is 42.3 Å². The Hall–Kier alpha value is -3.36. The second-order valence-corrected chi connectivity index (χ2v) is 8.14. The largest absolute Gasteiger partial charge is 0.508 e. The Morgan fingerprint density at radius 1 is 0.943 bits per heavy atom. The molecule has 0 aliphatic heterocycles. The minimum atomic E-state index is -1.62. The lowest BCUT2D eigenvalue weighted by atomic mass is 10.0. The van der Waals surface area contributed by atoms with Crippen molar-refractivity contribution in [3.05, 3.63) is 29.8 Å². The van der Waals surface area contributed by atoms with Crippen molar-refractivity contribution in [3.63, 3.8) is 0 Å². The van der Waals surface area contributed by atoms with E-state index in [0.717, 1.165) is 0 Å². The number of nitrogens with two attached hydrogens (primary N) is 1. The molecule has 0 radical (unpaired) electrons. The highest BCUT2D eigenvalue weighted by molar-refractivity contribution is 7.80. The predicted molar refractivity (Wildman–Crippen MR) is 126 cm³/mol. The van der Waals surface area contributed by atoms with Crippen LogP contribution in [0.1, 0.15) is 25.3 Å². The Bertz CT molecular complexity index is 911. The van der Waals surface area contributed by atoms with Crippen LogP contribution in [0.15, 0.2) is 24.3 Å². The van der Waals surface area contributed by atoms with Crippen molar-refractivity contribution in [3.8, 4) is 5.75 Å². The van der Waals surface area contributed by atoms with Crippen LogP contribution in [-0.4, -0.2) is 86.1 Å². The second-order valence-electron chi connectivity index (χ2n) is 7.78. The number of aromatic hydroxyl groups is 1. The van der Waals surface area contributed by atoms with Crippen LogP contribution in [0.3, 0.4) is 0 Å². The number of amides is 3. The molecule has 194 valence electrons. The van der Waals surface area contributed by atoms with Crippen molar-refractivity contribution in [1.29, 1.82) is 0 Å². The number of carbonyl (C=O) groups excluding carboxylic acids is 3. The van der Waals surface area contributed by atoms with Crippen molar-refractivity contribution in [2.45, 2.75) is 56.5 Å². The zero-order valence-electron chi connectivity index (χ0n) is 18.9. The van der Waals surface area contributed by atoms with Gasteiger partial charge in [-0.2, -0.15) is 12.6 Å². The van der Waals surface area contributed by atoms with Gasteiger partial charge in [0, 0.05) is 18.6 Å². The van der Waals surface area contributed by atoms with Crippen LogP contribution < -0.4 is 21.7 Å². The number of thiol groups is 1. The lowest BCUT2D eigenvalue weighted by molar-refractivity contribution is -0.143. The summed E-state index contributed by atoms with van der Waals surface area (Å²) in [6.45, 7) is 1.18. The lowest BCUT2D eigenvalue weighted by Crippen LogP contribution is -2.60. The highest BCUT2D eigenvalue weighted by Gasteiger charge is 2.33. The number of phenolic OH excluding ortho intramolecular Hbond substituents is 1. The number of phenols is 1. The van der Waals surface area contributed by atoms with Crippen LogP contribution in [0.2, 0.25) is 0 Å². The number of aliphatic carboxylic acids is 2. The smallest absolute Gasteiger partial charge is 0.326 e. The van der Waals surface area contributed by atoms with Crippen molar-refractivity contribution in [2.75, 3.05) is 5.75 Å². The maximum Gasteiger partial charge on any atom is 0.326 e. The monoisotopic (exact) mass is 514 g/mol. The van der Waals surface area contributed by atoms with Crippen LogP contribution in [-0.2, 0) is 30.4 Å². The van der Waals surface area contributed by atoms with E-state index in [1.807, 2.05) is 0 Å². The number of hydrogen-bond acceptors (Lipinski definition) is 9. The Kier molecular flexibility index (Phi) is 12.0. The highest BCUT2D eigenvalue weighted by Crippen LogP contribution is 2.12. The molecule has 14 heteroatoms. The van der Waals surface area contributed by atoms with Crippen LogP contribution in [0.4, 0.5) is 0 Å². The Labute approximate surface area is 206 Å². The van der Waals surface area contributed by atoms with Crippen LogP contribution in [0.5, 0.6) is 5.75 Å². The number of carbonyl (C=O) groups is 5. The minimum Gasteiger partial charge on any atom is -0.508 e.